The van der Waals surface area contributed by atoms with Crippen molar-refractivity contribution in [3.05, 3.63) is 88.8 Å². The number of rotatable bonds is 7. The minimum absolute atomic E-state index is 0.125. The monoisotopic (exact) mass is 483 g/mol. The number of sulfonamides is 1. The summed E-state index contributed by atoms with van der Waals surface area (Å²) in [6, 6.07) is 20.6. The summed E-state index contributed by atoms with van der Waals surface area (Å²) in [5.74, 6) is 0.774. The molecule has 0 bridgehead atoms. The number of methoxy groups -OCH3 is 1. The number of para-hydroxylation sites is 1. The summed E-state index contributed by atoms with van der Waals surface area (Å²) in [6.07, 6.45) is 1.72. The Morgan fingerprint density at radius 2 is 1.75 bits per heavy atom. The van der Waals surface area contributed by atoms with Crippen molar-refractivity contribution in [1.29, 1.82) is 0 Å². The van der Waals surface area contributed by atoms with E-state index >= 15 is 0 Å². The number of nitrogens with zero attached hydrogens (tertiary/aromatic N) is 2. The second kappa shape index (κ2) is 9.52. The Kier molecular flexibility index (Phi) is 6.55. The summed E-state index contributed by atoms with van der Waals surface area (Å²) < 4.78 is 33.4. The van der Waals surface area contributed by atoms with E-state index in [0.717, 1.165) is 11.3 Å². The van der Waals surface area contributed by atoms with E-state index in [1.165, 1.54) is 35.6 Å². The molecule has 0 aliphatic carbocycles. The summed E-state index contributed by atoms with van der Waals surface area (Å²) in [5.41, 5.74) is 2.63. The van der Waals surface area contributed by atoms with E-state index in [0.29, 0.717) is 27.1 Å². The maximum atomic E-state index is 12.8. The molecule has 0 amide bonds. The van der Waals surface area contributed by atoms with Crippen LogP contribution < -0.4 is 9.46 Å². The number of nitrogens with one attached hydrogen (secondary N) is 1. The molecule has 1 aromatic heterocycles. The van der Waals surface area contributed by atoms with E-state index in [2.05, 4.69) is 14.7 Å². The van der Waals surface area contributed by atoms with Gasteiger partial charge in [0, 0.05) is 22.2 Å². The van der Waals surface area contributed by atoms with Gasteiger partial charge >= 0.3 is 0 Å². The number of thiazole rings is 1. The summed E-state index contributed by atoms with van der Waals surface area (Å²) in [7, 11) is -2.16. The molecule has 0 spiro atoms. The van der Waals surface area contributed by atoms with Crippen molar-refractivity contribution in [3.8, 4) is 17.0 Å². The van der Waals surface area contributed by atoms with Crippen molar-refractivity contribution in [3.63, 3.8) is 0 Å². The Labute approximate surface area is 195 Å². The standard InChI is InChI=1S/C23H18ClN3O3S2/c1-30-18-10-6-16(7-11-18)14-25-23-26-22(15-31-23)20-4-2-3-5-21(20)27-32(28,29)19-12-8-17(24)9-13-19/h2-15,27H,1H3/b25-14+. The largest absolute Gasteiger partial charge is 0.497 e. The second-order valence-corrected chi connectivity index (χ2v) is 9.61. The number of anilines is 1. The fourth-order valence-corrected chi connectivity index (χ4v) is 4.75. The third-order valence-corrected chi connectivity index (χ3v) is 6.89. The molecule has 3 aromatic carbocycles. The minimum atomic E-state index is -3.78. The van der Waals surface area contributed by atoms with Gasteiger partial charge in [-0.1, -0.05) is 29.8 Å². The molecule has 0 saturated carbocycles. The molecule has 0 fully saturated rings. The van der Waals surface area contributed by atoms with Crippen molar-refractivity contribution in [2.45, 2.75) is 4.90 Å². The zero-order valence-electron chi connectivity index (χ0n) is 16.9. The van der Waals surface area contributed by atoms with Crippen molar-refractivity contribution in [2.75, 3.05) is 11.8 Å². The fourth-order valence-electron chi connectivity index (χ4n) is 2.88. The first kappa shape index (κ1) is 22.0. The highest BCUT2D eigenvalue weighted by atomic mass is 35.5. The third kappa shape index (κ3) is 5.16. The van der Waals surface area contributed by atoms with Crippen LogP contribution in [0.25, 0.3) is 11.3 Å². The van der Waals surface area contributed by atoms with Crippen molar-refractivity contribution in [2.24, 2.45) is 4.99 Å². The highest BCUT2D eigenvalue weighted by molar-refractivity contribution is 7.92. The van der Waals surface area contributed by atoms with Gasteiger partial charge < -0.3 is 4.74 Å². The minimum Gasteiger partial charge on any atom is -0.497 e. The van der Waals surface area contributed by atoms with Crippen molar-refractivity contribution < 1.29 is 13.2 Å². The molecule has 0 saturated heterocycles. The molecule has 6 nitrogen and oxygen atoms in total. The van der Waals surface area contributed by atoms with Gasteiger partial charge in [-0.05, 0) is 60.2 Å². The molecular weight excluding hydrogens is 466 g/mol. The van der Waals surface area contributed by atoms with Crippen molar-refractivity contribution >= 4 is 50.0 Å². The Morgan fingerprint density at radius 3 is 2.47 bits per heavy atom. The van der Waals surface area contributed by atoms with E-state index < -0.39 is 10.0 Å². The summed E-state index contributed by atoms with van der Waals surface area (Å²) in [5, 5.41) is 2.87. The topological polar surface area (TPSA) is 80.7 Å². The summed E-state index contributed by atoms with van der Waals surface area (Å²) >= 11 is 7.24. The first-order valence-corrected chi connectivity index (χ1v) is 12.2. The third-order valence-electron chi connectivity index (χ3n) is 4.50. The highest BCUT2D eigenvalue weighted by Gasteiger charge is 2.17. The molecule has 4 rings (SSSR count). The Hall–Kier alpha value is -3.20. The number of ether oxygens (including phenoxy) is 1. The van der Waals surface area contributed by atoms with Gasteiger partial charge in [-0.3, -0.25) is 4.72 Å². The Bertz CT molecular complexity index is 1350. The molecule has 0 aliphatic rings. The fraction of sp³-hybridized carbons (Fsp3) is 0.0435. The maximum absolute atomic E-state index is 12.8. The van der Waals surface area contributed by atoms with Gasteiger partial charge in [0.15, 0.2) is 0 Å². The van der Waals surface area contributed by atoms with Crippen LogP contribution in [0, 0.1) is 0 Å². The lowest BCUT2D eigenvalue weighted by Crippen LogP contribution is -2.13. The van der Waals surface area contributed by atoms with Crippen LogP contribution in [0.3, 0.4) is 0 Å². The van der Waals surface area contributed by atoms with Crippen LogP contribution in [-0.2, 0) is 10.0 Å². The maximum Gasteiger partial charge on any atom is 0.261 e. The normalized spacial score (nSPS) is 11.6. The van der Waals surface area contributed by atoms with Crippen molar-refractivity contribution in [1.82, 2.24) is 4.98 Å². The second-order valence-electron chi connectivity index (χ2n) is 6.65. The first-order valence-electron chi connectivity index (χ1n) is 9.46. The average molecular weight is 484 g/mol. The van der Waals surface area contributed by atoms with E-state index in [1.807, 2.05) is 41.8 Å². The zero-order chi connectivity index (χ0) is 22.6. The lowest BCUT2D eigenvalue weighted by Gasteiger charge is -2.11. The number of hydrogen-bond acceptors (Lipinski definition) is 6. The first-order chi connectivity index (χ1) is 15.4. The molecule has 0 aliphatic heterocycles. The van der Waals surface area contributed by atoms with Crippen LogP contribution in [0.4, 0.5) is 10.8 Å². The molecule has 4 aromatic rings. The lowest BCUT2D eigenvalue weighted by molar-refractivity contribution is 0.415. The van der Waals surface area contributed by atoms with Crippen LogP contribution in [-0.4, -0.2) is 26.7 Å². The van der Waals surface area contributed by atoms with Crippen LogP contribution in [0.5, 0.6) is 5.75 Å². The lowest BCUT2D eigenvalue weighted by atomic mass is 10.1. The Balaban J connectivity index is 1.57. The smallest absolute Gasteiger partial charge is 0.261 e. The predicted molar refractivity (Wildman–Crippen MR) is 130 cm³/mol. The van der Waals surface area contributed by atoms with Gasteiger partial charge in [-0.15, -0.1) is 11.3 Å². The molecule has 162 valence electrons. The SMILES string of the molecule is COc1ccc(/C=N/c2nc(-c3ccccc3NS(=O)(=O)c3ccc(Cl)cc3)cs2)cc1. The molecule has 0 radical (unpaired) electrons. The number of benzene rings is 3. The van der Waals surface area contributed by atoms with E-state index in [4.69, 9.17) is 16.3 Å². The zero-order valence-corrected chi connectivity index (χ0v) is 19.3. The number of aliphatic imine (C=N–C) groups is 1. The van der Waals surface area contributed by atoms with Gasteiger partial charge in [-0.25, -0.2) is 18.4 Å². The van der Waals surface area contributed by atoms with Gasteiger partial charge in [-0.2, -0.15) is 0 Å². The van der Waals surface area contributed by atoms with Crippen LogP contribution >= 0.6 is 22.9 Å². The molecule has 1 N–H and O–H groups in total. The van der Waals surface area contributed by atoms with E-state index in [-0.39, 0.29) is 4.90 Å². The average Bonchev–Trinajstić information content (AvgIpc) is 3.27. The summed E-state index contributed by atoms with van der Waals surface area (Å²) in [4.78, 5) is 9.10. The molecule has 32 heavy (non-hydrogen) atoms. The summed E-state index contributed by atoms with van der Waals surface area (Å²) in [6.45, 7) is 0. The quantitative estimate of drug-likeness (QED) is 0.326. The number of aromatic nitrogens is 1. The number of halogens is 1. The highest BCUT2D eigenvalue weighted by Crippen LogP contribution is 2.33. The van der Waals surface area contributed by atoms with Crippen LogP contribution in [0.1, 0.15) is 5.56 Å². The Morgan fingerprint density at radius 1 is 1.03 bits per heavy atom. The molecule has 0 atom stereocenters. The van der Waals surface area contributed by atoms with Crippen LogP contribution in [0.15, 0.2) is 88.1 Å². The van der Waals surface area contributed by atoms with Gasteiger partial charge in [0.25, 0.3) is 10.0 Å². The molecular formula is C23H18ClN3O3S2. The van der Waals surface area contributed by atoms with E-state index in [1.54, 1.807) is 25.5 Å². The molecule has 1 heterocycles. The predicted octanol–water partition coefficient (Wildman–Crippen LogP) is 6.02. The van der Waals surface area contributed by atoms with Crippen LogP contribution in [0.2, 0.25) is 5.02 Å². The molecule has 9 heteroatoms. The molecule has 0 unspecified atom stereocenters. The van der Waals surface area contributed by atoms with Gasteiger partial charge in [0.2, 0.25) is 5.13 Å². The number of hydrogen-bond donors (Lipinski definition) is 1. The van der Waals surface area contributed by atoms with Gasteiger partial charge in [0.05, 0.1) is 23.4 Å². The van der Waals surface area contributed by atoms with Gasteiger partial charge in [0.1, 0.15) is 5.75 Å². The van der Waals surface area contributed by atoms with E-state index in [9.17, 15) is 8.42 Å².